The zero-order valence-corrected chi connectivity index (χ0v) is 10.5. The van der Waals surface area contributed by atoms with Gasteiger partial charge < -0.3 is 5.73 Å². The van der Waals surface area contributed by atoms with Gasteiger partial charge in [0, 0.05) is 0 Å². The minimum atomic E-state index is 0.217. The molecule has 0 aromatic heterocycles. The van der Waals surface area contributed by atoms with Gasteiger partial charge in [-0.3, -0.25) is 0 Å². The average molecular weight is 217 g/mol. The molecule has 0 unspecified atom stereocenters. The van der Waals surface area contributed by atoms with Gasteiger partial charge in [-0.2, -0.15) is 0 Å². The SMILES string of the molecule is CC(C)(CCN)c1cccc(C2CCC2)c1. The third-order valence-electron chi connectivity index (χ3n) is 4.01. The van der Waals surface area contributed by atoms with Crippen molar-refractivity contribution in [2.24, 2.45) is 5.73 Å². The monoisotopic (exact) mass is 217 g/mol. The van der Waals surface area contributed by atoms with Gasteiger partial charge in [0.1, 0.15) is 0 Å². The van der Waals surface area contributed by atoms with Crippen LogP contribution in [0, 0.1) is 0 Å². The summed E-state index contributed by atoms with van der Waals surface area (Å²) in [5.74, 6) is 0.827. The Bertz CT molecular complexity index is 350. The highest BCUT2D eigenvalue weighted by atomic mass is 14.5. The maximum Gasteiger partial charge on any atom is -0.00690 e. The highest BCUT2D eigenvalue weighted by Gasteiger charge is 2.23. The predicted octanol–water partition coefficient (Wildman–Crippen LogP) is 3.58. The van der Waals surface area contributed by atoms with Gasteiger partial charge in [-0.15, -0.1) is 0 Å². The van der Waals surface area contributed by atoms with Gasteiger partial charge in [0.05, 0.1) is 0 Å². The summed E-state index contributed by atoms with van der Waals surface area (Å²) in [7, 11) is 0. The van der Waals surface area contributed by atoms with Crippen LogP contribution in [0.3, 0.4) is 0 Å². The van der Waals surface area contributed by atoms with Crippen molar-refractivity contribution >= 4 is 0 Å². The van der Waals surface area contributed by atoms with E-state index in [1.54, 1.807) is 0 Å². The Morgan fingerprint density at radius 2 is 2.06 bits per heavy atom. The Kier molecular flexibility index (Phi) is 3.34. The Morgan fingerprint density at radius 1 is 1.31 bits per heavy atom. The lowest BCUT2D eigenvalue weighted by atomic mass is 9.76. The maximum atomic E-state index is 5.69. The van der Waals surface area contributed by atoms with Crippen molar-refractivity contribution in [3.05, 3.63) is 35.4 Å². The van der Waals surface area contributed by atoms with Crippen LogP contribution >= 0.6 is 0 Å². The van der Waals surface area contributed by atoms with E-state index in [9.17, 15) is 0 Å². The van der Waals surface area contributed by atoms with Crippen LogP contribution < -0.4 is 5.73 Å². The molecule has 0 amide bonds. The second kappa shape index (κ2) is 4.58. The van der Waals surface area contributed by atoms with Gasteiger partial charge >= 0.3 is 0 Å². The fraction of sp³-hybridized carbons (Fsp3) is 0.600. The molecule has 0 spiro atoms. The Labute approximate surface area is 99.0 Å². The van der Waals surface area contributed by atoms with E-state index >= 15 is 0 Å². The summed E-state index contributed by atoms with van der Waals surface area (Å²) in [6.45, 7) is 5.35. The lowest BCUT2D eigenvalue weighted by Gasteiger charge is -2.29. The number of hydrogen-bond acceptors (Lipinski definition) is 1. The molecule has 0 saturated heterocycles. The predicted molar refractivity (Wildman–Crippen MR) is 69.7 cm³/mol. The van der Waals surface area contributed by atoms with Crippen LogP contribution in [0.1, 0.15) is 56.6 Å². The van der Waals surface area contributed by atoms with Gasteiger partial charge in [0.25, 0.3) is 0 Å². The van der Waals surface area contributed by atoms with E-state index in [4.69, 9.17) is 5.73 Å². The second-order valence-electron chi connectivity index (χ2n) is 5.68. The highest BCUT2D eigenvalue weighted by Crippen LogP contribution is 2.38. The lowest BCUT2D eigenvalue weighted by molar-refractivity contribution is 0.417. The average Bonchev–Trinajstić information content (AvgIpc) is 2.15. The standard InChI is InChI=1S/C15H23N/c1-15(2,9-10-16)14-8-4-7-13(11-14)12-5-3-6-12/h4,7-8,11-12H,3,5-6,9-10,16H2,1-2H3. The normalized spacial score (nSPS) is 17.2. The van der Waals surface area contributed by atoms with Crippen molar-refractivity contribution in [3.8, 4) is 0 Å². The first-order chi connectivity index (χ1) is 7.63. The summed E-state index contributed by atoms with van der Waals surface area (Å²) in [6, 6.07) is 9.14. The van der Waals surface area contributed by atoms with Gasteiger partial charge in [0.15, 0.2) is 0 Å². The molecule has 1 fully saturated rings. The molecule has 88 valence electrons. The molecule has 0 heterocycles. The van der Waals surface area contributed by atoms with Crippen molar-refractivity contribution < 1.29 is 0 Å². The van der Waals surface area contributed by atoms with Crippen LogP contribution in [-0.4, -0.2) is 6.54 Å². The zero-order chi connectivity index (χ0) is 11.6. The minimum absolute atomic E-state index is 0.217. The molecular weight excluding hydrogens is 194 g/mol. The summed E-state index contributed by atoms with van der Waals surface area (Å²) in [5, 5.41) is 0. The van der Waals surface area contributed by atoms with E-state index in [-0.39, 0.29) is 5.41 Å². The molecule has 2 rings (SSSR count). The fourth-order valence-electron chi connectivity index (χ4n) is 2.46. The molecule has 0 atom stereocenters. The van der Waals surface area contributed by atoms with E-state index in [0.717, 1.165) is 18.9 Å². The molecule has 16 heavy (non-hydrogen) atoms. The summed E-state index contributed by atoms with van der Waals surface area (Å²) in [6.07, 6.45) is 5.21. The molecule has 1 heteroatoms. The molecule has 1 nitrogen and oxygen atoms in total. The van der Waals surface area contributed by atoms with Crippen LogP contribution in [0.4, 0.5) is 0 Å². The summed E-state index contributed by atoms with van der Waals surface area (Å²) in [5.41, 5.74) is 8.89. The number of rotatable bonds is 4. The first kappa shape index (κ1) is 11.7. The van der Waals surface area contributed by atoms with Crippen molar-refractivity contribution in [1.29, 1.82) is 0 Å². The topological polar surface area (TPSA) is 26.0 Å². The summed E-state index contributed by atoms with van der Waals surface area (Å²) in [4.78, 5) is 0. The summed E-state index contributed by atoms with van der Waals surface area (Å²) >= 11 is 0. The molecular formula is C15H23N. The first-order valence-electron chi connectivity index (χ1n) is 6.44. The van der Waals surface area contributed by atoms with E-state index in [0.29, 0.717) is 0 Å². The second-order valence-corrected chi connectivity index (χ2v) is 5.68. The zero-order valence-electron chi connectivity index (χ0n) is 10.5. The van der Waals surface area contributed by atoms with E-state index in [1.165, 1.54) is 30.4 Å². The van der Waals surface area contributed by atoms with Crippen molar-refractivity contribution in [3.63, 3.8) is 0 Å². The molecule has 1 aromatic carbocycles. The van der Waals surface area contributed by atoms with Crippen LogP contribution in [0.2, 0.25) is 0 Å². The van der Waals surface area contributed by atoms with Crippen LogP contribution in [-0.2, 0) is 5.41 Å². The fourth-order valence-corrected chi connectivity index (χ4v) is 2.46. The molecule has 1 aromatic rings. The molecule has 0 radical (unpaired) electrons. The Balaban J connectivity index is 2.20. The van der Waals surface area contributed by atoms with E-state index in [1.807, 2.05) is 0 Å². The largest absolute Gasteiger partial charge is 0.330 e. The maximum absolute atomic E-state index is 5.69. The third kappa shape index (κ3) is 2.30. The smallest absolute Gasteiger partial charge is 0.00690 e. The summed E-state index contributed by atoms with van der Waals surface area (Å²) < 4.78 is 0. The van der Waals surface area contributed by atoms with Crippen LogP contribution in [0.15, 0.2) is 24.3 Å². The molecule has 1 aliphatic rings. The minimum Gasteiger partial charge on any atom is -0.330 e. The van der Waals surface area contributed by atoms with Gasteiger partial charge in [0.2, 0.25) is 0 Å². The van der Waals surface area contributed by atoms with Gasteiger partial charge in [-0.1, -0.05) is 44.5 Å². The lowest BCUT2D eigenvalue weighted by Crippen LogP contribution is -2.22. The van der Waals surface area contributed by atoms with Gasteiger partial charge in [-0.25, -0.2) is 0 Å². The Hall–Kier alpha value is -0.820. The number of benzene rings is 1. The van der Waals surface area contributed by atoms with Crippen LogP contribution in [0.5, 0.6) is 0 Å². The molecule has 1 saturated carbocycles. The Morgan fingerprint density at radius 3 is 2.62 bits per heavy atom. The van der Waals surface area contributed by atoms with Crippen molar-refractivity contribution in [2.45, 2.75) is 50.9 Å². The molecule has 0 aliphatic heterocycles. The van der Waals surface area contributed by atoms with Crippen molar-refractivity contribution in [2.75, 3.05) is 6.54 Å². The van der Waals surface area contributed by atoms with Gasteiger partial charge in [-0.05, 0) is 48.3 Å². The van der Waals surface area contributed by atoms with Crippen LogP contribution in [0.25, 0.3) is 0 Å². The molecule has 2 N–H and O–H groups in total. The number of hydrogen-bond donors (Lipinski definition) is 1. The molecule has 0 bridgehead atoms. The van der Waals surface area contributed by atoms with Crippen molar-refractivity contribution in [1.82, 2.24) is 0 Å². The van der Waals surface area contributed by atoms with E-state index in [2.05, 4.69) is 38.1 Å². The quantitative estimate of drug-likeness (QED) is 0.819. The van der Waals surface area contributed by atoms with E-state index < -0.39 is 0 Å². The first-order valence-corrected chi connectivity index (χ1v) is 6.44. The third-order valence-corrected chi connectivity index (χ3v) is 4.01. The number of nitrogens with two attached hydrogens (primary N) is 1. The highest BCUT2D eigenvalue weighted by molar-refractivity contribution is 5.32. The molecule has 1 aliphatic carbocycles.